The fraction of sp³-hybridized carbons (Fsp3) is 0.875. The third-order valence-electron chi connectivity index (χ3n) is 4.84. The molecular formula is C16H31N3O. The molecule has 0 aromatic carbocycles. The van der Waals surface area contributed by atoms with Crippen molar-refractivity contribution >= 4 is 0 Å². The minimum atomic E-state index is 0.159. The summed E-state index contributed by atoms with van der Waals surface area (Å²) in [5.41, 5.74) is 1.73. The number of hydrogen-bond acceptors (Lipinski definition) is 4. The second-order valence-electron chi connectivity index (χ2n) is 6.31. The summed E-state index contributed by atoms with van der Waals surface area (Å²) in [7, 11) is 0. The molecule has 4 nitrogen and oxygen atoms in total. The van der Waals surface area contributed by atoms with Gasteiger partial charge in [-0.3, -0.25) is 4.90 Å². The Morgan fingerprint density at radius 2 is 1.80 bits per heavy atom. The average Bonchev–Trinajstić information content (AvgIpc) is 2.49. The largest absolute Gasteiger partial charge is 0.379 e. The van der Waals surface area contributed by atoms with Gasteiger partial charge in [-0.15, -0.1) is 0 Å². The number of hydrogen-bond donors (Lipinski definition) is 1. The fourth-order valence-corrected chi connectivity index (χ4v) is 3.34. The van der Waals surface area contributed by atoms with Gasteiger partial charge < -0.3 is 15.0 Å². The second kappa shape index (κ2) is 7.55. The van der Waals surface area contributed by atoms with E-state index in [9.17, 15) is 0 Å². The number of piperazine rings is 1. The lowest BCUT2D eigenvalue weighted by molar-refractivity contribution is 0.000195. The van der Waals surface area contributed by atoms with Crippen LogP contribution in [0.1, 0.15) is 27.2 Å². The minimum Gasteiger partial charge on any atom is -0.379 e. The SMILES string of the molecule is C/C=C(\CCN1CCNCC1)C(C)(C)N1CCOCC1. The Balaban J connectivity index is 1.88. The van der Waals surface area contributed by atoms with Gasteiger partial charge in [0.1, 0.15) is 0 Å². The van der Waals surface area contributed by atoms with Crippen molar-refractivity contribution in [3.63, 3.8) is 0 Å². The van der Waals surface area contributed by atoms with Crippen LogP contribution in [0.3, 0.4) is 0 Å². The van der Waals surface area contributed by atoms with Crippen LogP contribution < -0.4 is 5.32 Å². The lowest BCUT2D eigenvalue weighted by Gasteiger charge is -2.43. The van der Waals surface area contributed by atoms with Gasteiger partial charge in [-0.1, -0.05) is 11.6 Å². The maximum atomic E-state index is 5.49. The minimum absolute atomic E-state index is 0.159. The number of nitrogens with one attached hydrogen (secondary N) is 1. The van der Waals surface area contributed by atoms with Crippen LogP contribution in [0.2, 0.25) is 0 Å². The zero-order chi connectivity index (χ0) is 14.4. The first-order valence-corrected chi connectivity index (χ1v) is 8.06. The highest BCUT2D eigenvalue weighted by atomic mass is 16.5. The van der Waals surface area contributed by atoms with Crippen molar-refractivity contribution in [2.45, 2.75) is 32.7 Å². The van der Waals surface area contributed by atoms with Gasteiger partial charge in [0, 0.05) is 51.4 Å². The molecule has 0 saturated carbocycles. The maximum Gasteiger partial charge on any atom is 0.0594 e. The van der Waals surface area contributed by atoms with E-state index in [1.807, 2.05) is 0 Å². The molecule has 0 radical (unpaired) electrons. The zero-order valence-corrected chi connectivity index (χ0v) is 13.5. The Bertz CT molecular complexity index is 316. The van der Waals surface area contributed by atoms with Crippen LogP contribution in [0.15, 0.2) is 11.6 Å². The van der Waals surface area contributed by atoms with Gasteiger partial charge in [0.25, 0.3) is 0 Å². The Morgan fingerprint density at radius 3 is 2.40 bits per heavy atom. The van der Waals surface area contributed by atoms with E-state index in [4.69, 9.17) is 4.74 Å². The van der Waals surface area contributed by atoms with E-state index in [0.29, 0.717) is 0 Å². The molecule has 20 heavy (non-hydrogen) atoms. The lowest BCUT2D eigenvalue weighted by atomic mass is 9.88. The van der Waals surface area contributed by atoms with Crippen LogP contribution in [-0.4, -0.2) is 74.4 Å². The fourth-order valence-electron chi connectivity index (χ4n) is 3.34. The first kappa shape index (κ1) is 16.0. The Hall–Kier alpha value is -0.420. The van der Waals surface area contributed by atoms with Crippen molar-refractivity contribution in [2.24, 2.45) is 0 Å². The van der Waals surface area contributed by atoms with Crippen LogP contribution in [0.25, 0.3) is 0 Å². The summed E-state index contributed by atoms with van der Waals surface area (Å²) in [5.74, 6) is 0. The molecule has 0 amide bonds. The summed E-state index contributed by atoms with van der Waals surface area (Å²) in [6, 6.07) is 0. The molecule has 116 valence electrons. The molecule has 2 aliphatic heterocycles. The van der Waals surface area contributed by atoms with E-state index in [2.05, 4.69) is 42.0 Å². The van der Waals surface area contributed by atoms with Crippen LogP contribution in [-0.2, 0) is 4.74 Å². The van der Waals surface area contributed by atoms with Crippen LogP contribution in [0, 0.1) is 0 Å². The topological polar surface area (TPSA) is 27.7 Å². The molecule has 0 aromatic heterocycles. The molecule has 0 aromatic rings. The molecule has 1 N–H and O–H groups in total. The monoisotopic (exact) mass is 281 g/mol. The quantitative estimate of drug-likeness (QED) is 0.770. The molecular weight excluding hydrogens is 250 g/mol. The van der Waals surface area contributed by atoms with E-state index in [0.717, 1.165) is 39.4 Å². The van der Waals surface area contributed by atoms with Gasteiger partial charge in [-0.05, 0) is 27.2 Å². The van der Waals surface area contributed by atoms with Crippen LogP contribution in [0.5, 0.6) is 0 Å². The molecule has 0 unspecified atom stereocenters. The maximum absolute atomic E-state index is 5.49. The predicted molar refractivity (Wildman–Crippen MR) is 84.2 cm³/mol. The summed E-state index contributed by atoms with van der Waals surface area (Å²) in [6.45, 7) is 16.6. The van der Waals surface area contributed by atoms with E-state index < -0.39 is 0 Å². The van der Waals surface area contributed by atoms with E-state index in [1.165, 1.54) is 26.1 Å². The smallest absolute Gasteiger partial charge is 0.0594 e. The van der Waals surface area contributed by atoms with Gasteiger partial charge in [-0.2, -0.15) is 0 Å². The highest BCUT2D eigenvalue weighted by Crippen LogP contribution is 2.27. The molecule has 2 rings (SSSR count). The molecule has 0 atom stereocenters. The zero-order valence-electron chi connectivity index (χ0n) is 13.5. The first-order valence-electron chi connectivity index (χ1n) is 8.06. The highest BCUT2D eigenvalue weighted by Gasteiger charge is 2.31. The molecule has 2 fully saturated rings. The van der Waals surface area contributed by atoms with Crippen molar-refractivity contribution < 1.29 is 4.74 Å². The van der Waals surface area contributed by atoms with Crippen LogP contribution >= 0.6 is 0 Å². The van der Waals surface area contributed by atoms with Gasteiger partial charge in [0.05, 0.1) is 13.2 Å². The second-order valence-corrected chi connectivity index (χ2v) is 6.31. The predicted octanol–water partition coefficient (Wildman–Crippen LogP) is 1.34. The molecule has 0 bridgehead atoms. The molecule has 4 heteroatoms. The Morgan fingerprint density at radius 1 is 1.15 bits per heavy atom. The van der Waals surface area contributed by atoms with E-state index >= 15 is 0 Å². The summed E-state index contributed by atoms with van der Waals surface area (Å²) in [4.78, 5) is 5.15. The summed E-state index contributed by atoms with van der Waals surface area (Å²) in [5, 5.41) is 3.42. The number of nitrogens with zero attached hydrogens (tertiary/aromatic N) is 2. The molecule has 0 spiro atoms. The third kappa shape index (κ3) is 4.04. The highest BCUT2D eigenvalue weighted by molar-refractivity contribution is 5.18. The van der Waals surface area contributed by atoms with Gasteiger partial charge in [-0.25, -0.2) is 0 Å². The summed E-state index contributed by atoms with van der Waals surface area (Å²) in [6.07, 6.45) is 3.51. The number of ether oxygens (including phenoxy) is 1. The van der Waals surface area contributed by atoms with Crippen molar-refractivity contribution in [2.75, 3.05) is 59.0 Å². The number of morpholine rings is 1. The Kier molecular flexibility index (Phi) is 6.02. The standard InChI is InChI=1S/C16H31N3O/c1-4-15(5-8-18-9-6-17-7-10-18)16(2,3)19-11-13-20-14-12-19/h4,17H,5-14H2,1-3H3/b15-4+. The molecule has 2 heterocycles. The van der Waals surface area contributed by atoms with E-state index in [-0.39, 0.29) is 5.54 Å². The van der Waals surface area contributed by atoms with Gasteiger partial charge >= 0.3 is 0 Å². The molecule has 0 aliphatic carbocycles. The molecule has 2 saturated heterocycles. The van der Waals surface area contributed by atoms with Crippen LogP contribution in [0.4, 0.5) is 0 Å². The normalized spacial score (nSPS) is 24.1. The number of rotatable bonds is 5. The Labute approximate surface area is 124 Å². The first-order chi connectivity index (χ1) is 9.64. The summed E-state index contributed by atoms with van der Waals surface area (Å²) < 4.78 is 5.49. The van der Waals surface area contributed by atoms with E-state index in [1.54, 1.807) is 5.57 Å². The lowest BCUT2D eigenvalue weighted by Crippen LogP contribution is -2.51. The van der Waals surface area contributed by atoms with Crippen molar-refractivity contribution in [3.8, 4) is 0 Å². The number of allylic oxidation sites excluding steroid dienone is 1. The van der Waals surface area contributed by atoms with Crippen molar-refractivity contribution in [3.05, 3.63) is 11.6 Å². The van der Waals surface area contributed by atoms with Gasteiger partial charge in [0.15, 0.2) is 0 Å². The third-order valence-corrected chi connectivity index (χ3v) is 4.84. The van der Waals surface area contributed by atoms with Crippen molar-refractivity contribution in [1.29, 1.82) is 0 Å². The molecule has 2 aliphatic rings. The average molecular weight is 281 g/mol. The van der Waals surface area contributed by atoms with Crippen molar-refractivity contribution in [1.82, 2.24) is 15.1 Å². The summed E-state index contributed by atoms with van der Waals surface area (Å²) >= 11 is 0. The van der Waals surface area contributed by atoms with Gasteiger partial charge in [0.2, 0.25) is 0 Å².